The van der Waals surface area contributed by atoms with Crippen LogP contribution in [-0.2, 0) is 4.79 Å². The first-order chi connectivity index (χ1) is 12.5. The van der Waals surface area contributed by atoms with Crippen LogP contribution in [0.1, 0.15) is 43.4 Å². The molecule has 4 heteroatoms. The van der Waals surface area contributed by atoms with Crippen molar-refractivity contribution in [3.63, 3.8) is 0 Å². The molecule has 4 nitrogen and oxygen atoms in total. The Morgan fingerprint density at radius 1 is 1.19 bits per heavy atom. The Hall–Kier alpha value is -2.88. The molecule has 0 heterocycles. The van der Waals surface area contributed by atoms with Gasteiger partial charge in [-0.2, -0.15) is 5.10 Å². The first-order valence-electron chi connectivity index (χ1n) is 8.75. The topological polar surface area (TPSA) is 50.7 Å². The van der Waals surface area contributed by atoms with Crippen molar-refractivity contribution in [1.82, 2.24) is 5.43 Å². The normalized spacial score (nSPS) is 11.8. The van der Waals surface area contributed by atoms with E-state index in [9.17, 15) is 4.79 Å². The molecule has 0 aliphatic carbocycles. The molecule has 2 rings (SSSR count). The lowest BCUT2D eigenvalue weighted by atomic mass is 10.0. The number of rotatable bonds is 7. The summed E-state index contributed by atoms with van der Waals surface area (Å²) in [5, 5.41) is 4.08. The number of allylic oxidation sites excluding steroid dienone is 1. The number of carbonyl (C=O) groups excluding carboxylic acids is 1. The standard InChI is InChI=1S/C22H26N2O2/c1-16(2)20-13-10-17(3)14-21(20)26-15-22(25)24-23-18(4)11-12-19-8-6-5-7-9-19/h5-14,16H,15H2,1-4H3,(H,24,25). The highest BCUT2D eigenvalue weighted by Crippen LogP contribution is 2.27. The maximum absolute atomic E-state index is 12.0. The number of nitrogens with one attached hydrogen (secondary N) is 1. The number of benzene rings is 2. The van der Waals surface area contributed by atoms with Crippen LogP contribution in [0, 0.1) is 6.92 Å². The SMILES string of the molecule is CC(C=Cc1ccccc1)=NNC(=O)COc1cc(C)ccc1C(C)C. The van der Waals surface area contributed by atoms with Gasteiger partial charge < -0.3 is 4.74 Å². The Morgan fingerprint density at radius 2 is 1.92 bits per heavy atom. The van der Waals surface area contributed by atoms with Crippen LogP contribution < -0.4 is 10.2 Å². The third-order valence-electron chi connectivity index (χ3n) is 3.82. The van der Waals surface area contributed by atoms with Crippen molar-refractivity contribution in [2.75, 3.05) is 6.61 Å². The van der Waals surface area contributed by atoms with Crippen LogP contribution in [0.5, 0.6) is 5.75 Å². The Morgan fingerprint density at radius 3 is 2.62 bits per heavy atom. The lowest BCUT2D eigenvalue weighted by molar-refractivity contribution is -0.123. The fourth-order valence-electron chi connectivity index (χ4n) is 2.39. The lowest BCUT2D eigenvalue weighted by Gasteiger charge is -2.14. The molecule has 0 bridgehead atoms. The van der Waals surface area contributed by atoms with Crippen molar-refractivity contribution in [2.24, 2.45) is 5.10 Å². The van der Waals surface area contributed by atoms with E-state index in [2.05, 4.69) is 30.4 Å². The zero-order valence-corrected chi connectivity index (χ0v) is 15.8. The molecule has 2 aromatic rings. The zero-order valence-electron chi connectivity index (χ0n) is 15.8. The molecule has 0 atom stereocenters. The molecule has 1 amide bonds. The Labute approximate surface area is 155 Å². The molecule has 0 radical (unpaired) electrons. The second-order valence-electron chi connectivity index (χ2n) is 6.52. The van der Waals surface area contributed by atoms with E-state index < -0.39 is 0 Å². The highest BCUT2D eigenvalue weighted by Gasteiger charge is 2.10. The van der Waals surface area contributed by atoms with Gasteiger partial charge in [-0.1, -0.05) is 62.4 Å². The quantitative estimate of drug-likeness (QED) is 0.581. The number of hydrazone groups is 1. The van der Waals surface area contributed by atoms with Gasteiger partial charge >= 0.3 is 0 Å². The minimum Gasteiger partial charge on any atom is -0.483 e. The number of aryl methyl sites for hydroxylation is 1. The summed E-state index contributed by atoms with van der Waals surface area (Å²) in [6.45, 7) is 7.97. The van der Waals surface area contributed by atoms with Crippen molar-refractivity contribution in [2.45, 2.75) is 33.6 Å². The Kier molecular flexibility index (Phi) is 7.15. The molecular formula is C22H26N2O2. The molecular weight excluding hydrogens is 324 g/mol. The van der Waals surface area contributed by atoms with Crippen LogP contribution in [0.4, 0.5) is 0 Å². The lowest BCUT2D eigenvalue weighted by Crippen LogP contribution is -2.25. The number of hydrogen-bond acceptors (Lipinski definition) is 3. The summed E-state index contributed by atoms with van der Waals surface area (Å²) < 4.78 is 5.70. The minimum atomic E-state index is -0.284. The molecule has 0 aliphatic rings. The Bertz CT molecular complexity index is 793. The number of nitrogens with zero attached hydrogens (tertiary/aromatic N) is 1. The first-order valence-corrected chi connectivity index (χ1v) is 8.75. The van der Waals surface area contributed by atoms with E-state index >= 15 is 0 Å². The number of ether oxygens (including phenoxy) is 1. The summed E-state index contributed by atoms with van der Waals surface area (Å²) in [7, 11) is 0. The van der Waals surface area contributed by atoms with Gasteiger partial charge in [0.15, 0.2) is 6.61 Å². The summed E-state index contributed by atoms with van der Waals surface area (Å²) in [6.07, 6.45) is 3.80. The number of amides is 1. The van der Waals surface area contributed by atoms with Gasteiger partial charge in [0, 0.05) is 0 Å². The van der Waals surface area contributed by atoms with Gasteiger partial charge in [0.25, 0.3) is 5.91 Å². The second-order valence-corrected chi connectivity index (χ2v) is 6.52. The monoisotopic (exact) mass is 350 g/mol. The highest BCUT2D eigenvalue weighted by molar-refractivity contribution is 5.97. The molecule has 0 saturated carbocycles. The van der Waals surface area contributed by atoms with Crippen LogP contribution >= 0.6 is 0 Å². The molecule has 0 aromatic heterocycles. The van der Waals surface area contributed by atoms with Crippen molar-refractivity contribution < 1.29 is 9.53 Å². The van der Waals surface area contributed by atoms with Gasteiger partial charge in [0.2, 0.25) is 0 Å². The molecule has 1 N–H and O–H groups in total. The third kappa shape index (κ3) is 6.20. The Balaban J connectivity index is 1.89. The third-order valence-corrected chi connectivity index (χ3v) is 3.82. The van der Waals surface area contributed by atoms with E-state index in [-0.39, 0.29) is 12.5 Å². The molecule has 26 heavy (non-hydrogen) atoms. The van der Waals surface area contributed by atoms with Crippen molar-refractivity contribution >= 4 is 17.7 Å². The molecule has 0 saturated heterocycles. The number of carbonyl (C=O) groups is 1. The fraction of sp³-hybridized carbons (Fsp3) is 0.273. The maximum Gasteiger partial charge on any atom is 0.277 e. The smallest absolute Gasteiger partial charge is 0.277 e. The summed E-state index contributed by atoms with van der Waals surface area (Å²) in [4.78, 5) is 12.0. The van der Waals surface area contributed by atoms with Crippen molar-refractivity contribution in [3.8, 4) is 5.75 Å². The van der Waals surface area contributed by atoms with Crippen molar-refractivity contribution in [3.05, 3.63) is 71.3 Å². The van der Waals surface area contributed by atoms with Crippen molar-refractivity contribution in [1.29, 1.82) is 0 Å². The van der Waals surface area contributed by atoms with E-state index in [0.717, 1.165) is 22.4 Å². The highest BCUT2D eigenvalue weighted by atomic mass is 16.5. The van der Waals surface area contributed by atoms with E-state index in [4.69, 9.17) is 4.74 Å². The van der Waals surface area contributed by atoms with Gasteiger partial charge in [-0.25, -0.2) is 5.43 Å². The summed E-state index contributed by atoms with van der Waals surface area (Å²) in [6, 6.07) is 16.0. The fourth-order valence-corrected chi connectivity index (χ4v) is 2.39. The molecule has 0 aliphatic heterocycles. The second kappa shape index (κ2) is 9.56. The van der Waals surface area contributed by atoms with Gasteiger partial charge in [0.05, 0.1) is 5.71 Å². The predicted molar refractivity (Wildman–Crippen MR) is 107 cm³/mol. The maximum atomic E-state index is 12.0. The average Bonchev–Trinajstić information content (AvgIpc) is 2.63. The molecule has 0 spiro atoms. The van der Waals surface area contributed by atoms with Crippen LogP contribution in [0.15, 0.2) is 59.7 Å². The van der Waals surface area contributed by atoms with Gasteiger partial charge in [0.1, 0.15) is 5.75 Å². The minimum absolute atomic E-state index is 0.0671. The summed E-state index contributed by atoms with van der Waals surface area (Å²) >= 11 is 0. The summed E-state index contributed by atoms with van der Waals surface area (Å²) in [5.74, 6) is 0.797. The van der Waals surface area contributed by atoms with E-state index in [1.165, 1.54) is 0 Å². The van der Waals surface area contributed by atoms with E-state index in [1.54, 1.807) is 0 Å². The van der Waals surface area contributed by atoms with Gasteiger partial charge in [-0.3, -0.25) is 4.79 Å². The van der Waals surface area contributed by atoms with Crippen LogP contribution in [0.2, 0.25) is 0 Å². The molecule has 0 unspecified atom stereocenters. The average molecular weight is 350 g/mol. The van der Waals surface area contributed by atoms with E-state index in [1.807, 2.05) is 68.5 Å². The van der Waals surface area contributed by atoms with Gasteiger partial charge in [-0.15, -0.1) is 0 Å². The van der Waals surface area contributed by atoms with Crippen LogP contribution in [0.3, 0.4) is 0 Å². The summed E-state index contributed by atoms with van der Waals surface area (Å²) in [5.41, 5.74) is 6.51. The van der Waals surface area contributed by atoms with Gasteiger partial charge in [-0.05, 0) is 48.6 Å². The molecule has 2 aromatic carbocycles. The zero-order chi connectivity index (χ0) is 18.9. The molecule has 0 fully saturated rings. The van der Waals surface area contributed by atoms with Crippen LogP contribution in [0.25, 0.3) is 6.08 Å². The molecule has 136 valence electrons. The van der Waals surface area contributed by atoms with E-state index in [0.29, 0.717) is 11.6 Å². The largest absolute Gasteiger partial charge is 0.483 e. The van der Waals surface area contributed by atoms with Crippen LogP contribution in [-0.4, -0.2) is 18.2 Å². The number of hydrogen-bond donors (Lipinski definition) is 1. The first kappa shape index (κ1) is 19.4. The predicted octanol–water partition coefficient (Wildman–Crippen LogP) is 4.70.